The molecule has 0 saturated heterocycles. The molecule has 0 aliphatic rings. The number of carbonyl (C=O) groups excluding carboxylic acids is 1. The van der Waals surface area contributed by atoms with Crippen LogP contribution in [0.1, 0.15) is 49.5 Å². The second kappa shape index (κ2) is 6.36. The number of aliphatic carboxylic acids is 1. The molecule has 0 radical (unpaired) electrons. The van der Waals surface area contributed by atoms with E-state index in [4.69, 9.17) is 5.11 Å². The molecule has 0 atom stereocenters. The highest BCUT2D eigenvalue weighted by atomic mass is 16.4. The van der Waals surface area contributed by atoms with Gasteiger partial charge >= 0.3 is 5.97 Å². The van der Waals surface area contributed by atoms with E-state index >= 15 is 0 Å². The molecule has 0 saturated carbocycles. The van der Waals surface area contributed by atoms with Crippen molar-refractivity contribution >= 4 is 11.9 Å². The van der Waals surface area contributed by atoms with E-state index < -0.39 is 5.97 Å². The summed E-state index contributed by atoms with van der Waals surface area (Å²) in [5.74, 6) is -1.00. The first-order valence-electron chi connectivity index (χ1n) is 6.41. The van der Waals surface area contributed by atoms with Crippen molar-refractivity contribution < 1.29 is 14.7 Å². The topological polar surface area (TPSA) is 66.4 Å². The van der Waals surface area contributed by atoms with Crippen LogP contribution in [0.2, 0.25) is 0 Å². The highest BCUT2D eigenvalue weighted by molar-refractivity contribution is 5.94. The fourth-order valence-electron chi connectivity index (χ4n) is 1.67. The second-order valence-electron chi connectivity index (χ2n) is 5.58. The Kier molecular flexibility index (Phi) is 5.10. The molecular formula is C15H21NO3. The molecule has 4 heteroatoms. The lowest BCUT2D eigenvalue weighted by molar-refractivity contribution is -0.137. The molecule has 0 aliphatic carbocycles. The molecule has 2 N–H and O–H groups in total. The maximum Gasteiger partial charge on any atom is 0.303 e. The highest BCUT2D eigenvalue weighted by Gasteiger charge is 2.14. The minimum atomic E-state index is -0.844. The summed E-state index contributed by atoms with van der Waals surface area (Å²) >= 11 is 0. The summed E-state index contributed by atoms with van der Waals surface area (Å²) in [5.41, 5.74) is 1.84. The van der Waals surface area contributed by atoms with Gasteiger partial charge in [0, 0.05) is 18.5 Å². The largest absolute Gasteiger partial charge is 0.481 e. The summed E-state index contributed by atoms with van der Waals surface area (Å²) in [6.07, 6.45) is 0.518. The summed E-state index contributed by atoms with van der Waals surface area (Å²) in [7, 11) is 0. The van der Waals surface area contributed by atoms with E-state index in [9.17, 15) is 9.59 Å². The smallest absolute Gasteiger partial charge is 0.303 e. The van der Waals surface area contributed by atoms with Crippen LogP contribution < -0.4 is 5.32 Å². The Bertz CT molecular complexity index is 443. The van der Waals surface area contributed by atoms with Crippen LogP contribution in [0.15, 0.2) is 24.3 Å². The second-order valence-corrected chi connectivity index (χ2v) is 5.58. The number of carbonyl (C=O) groups is 2. The fraction of sp³-hybridized carbons (Fsp3) is 0.467. The third kappa shape index (κ3) is 5.12. The van der Waals surface area contributed by atoms with Crippen LogP contribution >= 0.6 is 0 Å². The van der Waals surface area contributed by atoms with E-state index in [1.807, 2.05) is 12.1 Å². The van der Waals surface area contributed by atoms with E-state index in [1.54, 1.807) is 12.1 Å². The van der Waals surface area contributed by atoms with Crippen LogP contribution in [0.3, 0.4) is 0 Å². The average Bonchev–Trinajstić information content (AvgIpc) is 2.33. The number of rotatable bonds is 5. The number of carboxylic acid groups (broad SMARTS) is 1. The van der Waals surface area contributed by atoms with Crippen molar-refractivity contribution in [2.24, 2.45) is 0 Å². The van der Waals surface area contributed by atoms with Crippen LogP contribution in [0, 0.1) is 0 Å². The Hall–Kier alpha value is -1.84. The minimum absolute atomic E-state index is 0.0660. The minimum Gasteiger partial charge on any atom is -0.481 e. The normalized spacial score (nSPS) is 11.1. The lowest BCUT2D eigenvalue weighted by Crippen LogP contribution is -2.25. The van der Waals surface area contributed by atoms with Gasteiger partial charge < -0.3 is 10.4 Å². The fourth-order valence-corrected chi connectivity index (χ4v) is 1.67. The summed E-state index contributed by atoms with van der Waals surface area (Å²) in [6, 6.07) is 7.50. The van der Waals surface area contributed by atoms with Gasteiger partial charge in [-0.05, 0) is 29.5 Å². The Morgan fingerprint density at radius 3 is 2.21 bits per heavy atom. The molecule has 1 amide bonds. The van der Waals surface area contributed by atoms with Gasteiger partial charge in [-0.15, -0.1) is 0 Å². The van der Waals surface area contributed by atoms with Gasteiger partial charge in [0.15, 0.2) is 0 Å². The molecule has 1 aromatic carbocycles. The van der Waals surface area contributed by atoms with Crippen molar-refractivity contribution in [3.63, 3.8) is 0 Å². The van der Waals surface area contributed by atoms with Crippen molar-refractivity contribution in [2.45, 2.75) is 39.0 Å². The highest BCUT2D eigenvalue weighted by Crippen LogP contribution is 2.22. The van der Waals surface area contributed by atoms with Gasteiger partial charge in [-0.3, -0.25) is 9.59 Å². The Morgan fingerprint density at radius 2 is 1.74 bits per heavy atom. The number of nitrogens with one attached hydrogen (secondary N) is 1. The molecule has 1 aromatic rings. The van der Waals surface area contributed by atoms with Crippen molar-refractivity contribution in [3.8, 4) is 0 Å². The molecule has 1 rings (SSSR count). The van der Waals surface area contributed by atoms with Crippen molar-refractivity contribution in [1.29, 1.82) is 0 Å². The summed E-state index contributed by atoms with van der Waals surface area (Å²) in [5, 5.41) is 11.2. The van der Waals surface area contributed by atoms with Gasteiger partial charge in [0.1, 0.15) is 0 Å². The predicted molar refractivity (Wildman–Crippen MR) is 74.3 cm³/mol. The molecule has 0 fully saturated rings. The maximum absolute atomic E-state index is 11.8. The molecule has 0 unspecified atom stereocenters. The quantitative estimate of drug-likeness (QED) is 0.802. The number of carboxylic acids is 1. The van der Waals surface area contributed by atoms with E-state index in [2.05, 4.69) is 26.1 Å². The molecule has 0 aromatic heterocycles. The predicted octanol–water partition coefficient (Wildman–Crippen LogP) is 2.58. The van der Waals surface area contributed by atoms with Gasteiger partial charge in [0.05, 0.1) is 0 Å². The van der Waals surface area contributed by atoms with Gasteiger partial charge in [0.25, 0.3) is 5.91 Å². The number of hydrogen-bond acceptors (Lipinski definition) is 2. The zero-order chi connectivity index (χ0) is 14.5. The van der Waals surface area contributed by atoms with Crippen molar-refractivity contribution in [3.05, 3.63) is 35.4 Å². The van der Waals surface area contributed by atoms with E-state index in [1.165, 1.54) is 5.56 Å². The van der Waals surface area contributed by atoms with Crippen LogP contribution in [-0.2, 0) is 10.2 Å². The van der Waals surface area contributed by atoms with E-state index in [0.29, 0.717) is 18.5 Å². The molecule has 0 spiro atoms. The van der Waals surface area contributed by atoms with Crippen LogP contribution in [0.5, 0.6) is 0 Å². The van der Waals surface area contributed by atoms with Gasteiger partial charge in [-0.1, -0.05) is 32.9 Å². The zero-order valence-corrected chi connectivity index (χ0v) is 11.7. The molecule has 0 aliphatic heterocycles. The standard InChI is InChI=1S/C15H21NO3/c1-15(2,3)12-8-6-11(7-9-12)14(19)16-10-4-5-13(17)18/h6-9H,4-5,10H2,1-3H3,(H,16,19)(H,17,18). The first-order chi connectivity index (χ1) is 8.80. The Morgan fingerprint density at radius 1 is 1.16 bits per heavy atom. The molecule has 0 heterocycles. The SMILES string of the molecule is CC(C)(C)c1ccc(C(=O)NCCCC(=O)O)cc1. The first kappa shape index (κ1) is 15.2. The molecular weight excluding hydrogens is 242 g/mol. The van der Waals surface area contributed by atoms with Crippen molar-refractivity contribution in [2.75, 3.05) is 6.54 Å². The third-order valence-electron chi connectivity index (χ3n) is 2.87. The number of amides is 1. The third-order valence-corrected chi connectivity index (χ3v) is 2.87. The van der Waals surface area contributed by atoms with Crippen LogP contribution in [-0.4, -0.2) is 23.5 Å². The molecule has 104 valence electrons. The lowest BCUT2D eigenvalue weighted by atomic mass is 9.87. The monoisotopic (exact) mass is 263 g/mol. The lowest BCUT2D eigenvalue weighted by Gasteiger charge is -2.19. The van der Waals surface area contributed by atoms with E-state index in [0.717, 1.165) is 0 Å². The number of hydrogen-bond donors (Lipinski definition) is 2. The van der Waals surface area contributed by atoms with Gasteiger partial charge in [-0.2, -0.15) is 0 Å². The summed E-state index contributed by atoms with van der Waals surface area (Å²) in [6.45, 7) is 6.74. The molecule has 4 nitrogen and oxygen atoms in total. The van der Waals surface area contributed by atoms with Crippen LogP contribution in [0.25, 0.3) is 0 Å². The summed E-state index contributed by atoms with van der Waals surface area (Å²) < 4.78 is 0. The Labute approximate surface area is 113 Å². The van der Waals surface area contributed by atoms with E-state index in [-0.39, 0.29) is 17.7 Å². The Balaban J connectivity index is 2.52. The molecule has 0 bridgehead atoms. The first-order valence-corrected chi connectivity index (χ1v) is 6.41. The molecule has 19 heavy (non-hydrogen) atoms. The maximum atomic E-state index is 11.8. The van der Waals surface area contributed by atoms with Gasteiger partial charge in [0.2, 0.25) is 0 Å². The average molecular weight is 263 g/mol. The van der Waals surface area contributed by atoms with Crippen LogP contribution in [0.4, 0.5) is 0 Å². The zero-order valence-electron chi connectivity index (χ0n) is 11.7. The van der Waals surface area contributed by atoms with Crippen molar-refractivity contribution in [1.82, 2.24) is 5.32 Å². The van der Waals surface area contributed by atoms with Gasteiger partial charge in [-0.25, -0.2) is 0 Å². The number of benzene rings is 1. The summed E-state index contributed by atoms with van der Waals surface area (Å²) in [4.78, 5) is 22.1.